The van der Waals surface area contributed by atoms with E-state index in [1.54, 1.807) is 7.05 Å². The summed E-state index contributed by atoms with van der Waals surface area (Å²) in [5.41, 5.74) is 0. The quantitative estimate of drug-likeness (QED) is 0.793. The van der Waals surface area contributed by atoms with Gasteiger partial charge in [0.05, 0.1) is 4.90 Å². The summed E-state index contributed by atoms with van der Waals surface area (Å²) in [6.45, 7) is 1.15. The molecular formula is C14H24N4O2S. The molecule has 1 heterocycles. The first-order valence-corrected chi connectivity index (χ1v) is 8.85. The Balaban J connectivity index is 1.88. The predicted molar refractivity (Wildman–Crippen MR) is 83.9 cm³/mol. The molecule has 118 valence electrons. The summed E-state index contributed by atoms with van der Waals surface area (Å²) in [6.07, 6.45) is 6.50. The molecule has 0 atom stereocenters. The first-order chi connectivity index (χ1) is 10.0. The number of anilines is 1. The van der Waals surface area contributed by atoms with Crippen LogP contribution in [0.4, 0.5) is 5.82 Å². The standard InChI is InChI=1S/C14H24N4O2S/c1-15-14-11-13(7-8-16-14)21(19,20)17-9-10-18(2)12-5-3-4-6-12/h7-8,11-12,17H,3-6,9-10H2,1-2H3,(H,15,16). The van der Waals surface area contributed by atoms with E-state index in [0.717, 1.165) is 6.54 Å². The minimum absolute atomic E-state index is 0.241. The lowest BCUT2D eigenvalue weighted by molar-refractivity contribution is 0.250. The lowest BCUT2D eigenvalue weighted by Gasteiger charge is -2.23. The molecule has 0 aliphatic heterocycles. The van der Waals surface area contributed by atoms with Gasteiger partial charge in [0.1, 0.15) is 5.82 Å². The zero-order valence-electron chi connectivity index (χ0n) is 12.7. The zero-order valence-corrected chi connectivity index (χ0v) is 13.5. The van der Waals surface area contributed by atoms with Crippen LogP contribution in [0.1, 0.15) is 25.7 Å². The van der Waals surface area contributed by atoms with Crippen molar-refractivity contribution in [1.29, 1.82) is 0 Å². The molecule has 1 fully saturated rings. The summed E-state index contributed by atoms with van der Waals surface area (Å²) in [7, 11) is 0.308. The van der Waals surface area contributed by atoms with Crippen molar-refractivity contribution in [1.82, 2.24) is 14.6 Å². The van der Waals surface area contributed by atoms with Crippen LogP contribution in [0.25, 0.3) is 0 Å². The van der Waals surface area contributed by atoms with Gasteiger partial charge in [-0.1, -0.05) is 12.8 Å². The normalized spacial score (nSPS) is 16.5. The highest BCUT2D eigenvalue weighted by Gasteiger charge is 2.20. The number of likely N-dealkylation sites (N-methyl/N-ethyl adjacent to an activating group) is 1. The summed E-state index contributed by atoms with van der Waals surface area (Å²) in [5, 5.41) is 2.84. The number of rotatable bonds is 7. The second-order valence-electron chi connectivity index (χ2n) is 5.44. The number of nitrogens with zero attached hydrogens (tertiary/aromatic N) is 2. The molecule has 0 spiro atoms. The lowest BCUT2D eigenvalue weighted by Crippen LogP contribution is -2.37. The van der Waals surface area contributed by atoms with Crippen molar-refractivity contribution < 1.29 is 8.42 Å². The minimum Gasteiger partial charge on any atom is -0.373 e. The molecule has 21 heavy (non-hydrogen) atoms. The number of nitrogens with one attached hydrogen (secondary N) is 2. The first-order valence-electron chi connectivity index (χ1n) is 7.36. The molecule has 0 aromatic carbocycles. The van der Waals surface area contributed by atoms with E-state index < -0.39 is 10.0 Å². The Kier molecular flexibility index (Phi) is 5.55. The molecule has 6 nitrogen and oxygen atoms in total. The Morgan fingerprint density at radius 3 is 2.76 bits per heavy atom. The van der Waals surface area contributed by atoms with E-state index in [-0.39, 0.29) is 4.90 Å². The summed E-state index contributed by atoms with van der Waals surface area (Å²) in [6, 6.07) is 3.64. The van der Waals surface area contributed by atoms with Crippen LogP contribution < -0.4 is 10.0 Å². The van der Waals surface area contributed by atoms with Gasteiger partial charge in [-0.2, -0.15) is 0 Å². The number of pyridine rings is 1. The summed E-state index contributed by atoms with van der Waals surface area (Å²) >= 11 is 0. The van der Waals surface area contributed by atoms with Gasteiger partial charge in [0.25, 0.3) is 0 Å². The average Bonchev–Trinajstić information content (AvgIpc) is 3.01. The maximum Gasteiger partial charge on any atom is 0.240 e. The SMILES string of the molecule is CNc1cc(S(=O)(=O)NCCN(C)C2CCCC2)ccn1. The molecule has 1 aliphatic carbocycles. The van der Waals surface area contributed by atoms with Crippen LogP contribution in [0, 0.1) is 0 Å². The van der Waals surface area contributed by atoms with Crippen molar-refractivity contribution in [2.75, 3.05) is 32.5 Å². The van der Waals surface area contributed by atoms with Gasteiger partial charge < -0.3 is 10.2 Å². The molecule has 0 unspecified atom stereocenters. The van der Waals surface area contributed by atoms with Crippen LogP contribution in [0.5, 0.6) is 0 Å². The van der Waals surface area contributed by atoms with Gasteiger partial charge in [0.15, 0.2) is 0 Å². The van der Waals surface area contributed by atoms with Crippen molar-refractivity contribution >= 4 is 15.8 Å². The van der Waals surface area contributed by atoms with Gasteiger partial charge in [-0.25, -0.2) is 18.1 Å². The maximum atomic E-state index is 12.2. The largest absolute Gasteiger partial charge is 0.373 e. The van der Waals surface area contributed by atoms with Crippen molar-refractivity contribution in [2.24, 2.45) is 0 Å². The minimum atomic E-state index is -3.47. The van der Waals surface area contributed by atoms with Crippen LogP contribution in [0.15, 0.2) is 23.2 Å². The van der Waals surface area contributed by atoms with Crippen molar-refractivity contribution in [2.45, 2.75) is 36.6 Å². The first kappa shape index (κ1) is 16.2. The smallest absolute Gasteiger partial charge is 0.240 e. The highest BCUT2D eigenvalue weighted by Crippen LogP contribution is 2.21. The molecule has 1 aliphatic rings. The Morgan fingerprint density at radius 2 is 2.10 bits per heavy atom. The number of sulfonamides is 1. The molecule has 1 aromatic rings. The fraction of sp³-hybridized carbons (Fsp3) is 0.643. The van der Waals surface area contributed by atoms with Crippen LogP contribution in [-0.2, 0) is 10.0 Å². The Bertz CT molecular complexity index is 556. The van der Waals surface area contributed by atoms with E-state index in [9.17, 15) is 8.42 Å². The molecule has 2 N–H and O–H groups in total. The topological polar surface area (TPSA) is 74.3 Å². The van der Waals surface area contributed by atoms with Crippen molar-refractivity contribution in [3.63, 3.8) is 0 Å². The molecule has 1 aromatic heterocycles. The highest BCUT2D eigenvalue weighted by atomic mass is 32.2. The monoisotopic (exact) mass is 312 g/mol. The summed E-state index contributed by atoms with van der Waals surface area (Å²) in [4.78, 5) is 6.51. The number of aromatic nitrogens is 1. The zero-order chi connectivity index (χ0) is 15.3. The van der Waals surface area contributed by atoms with E-state index >= 15 is 0 Å². The van der Waals surface area contributed by atoms with Crippen LogP contribution in [0.3, 0.4) is 0 Å². The van der Waals surface area contributed by atoms with Gasteiger partial charge in [0, 0.05) is 38.4 Å². The molecule has 7 heteroatoms. The van der Waals surface area contributed by atoms with Gasteiger partial charge >= 0.3 is 0 Å². The average molecular weight is 312 g/mol. The van der Waals surface area contributed by atoms with E-state index in [0.29, 0.717) is 18.4 Å². The molecule has 1 saturated carbocycles. The van der Waals surface area contributed by atoms with E-state index in [4.69, 9.17) is 0 Å². The third kappa shape index (κ3) is 4.39. The van der Waals surface area contributed by atoms with E-state index in [1.807, 2.05) is 0 Å². The number of hydrogen-bond acceptors (Lipinski definition) is 5. The molecular weight excluding hydrogens is 288 g/mol. The van der Waals surface area contributed by atoms with Gasteiger partial charge in [-0.15, -0.1) is 0 Å². The molecule has 0 bridgehead atoms. The fourth-order valence-electron chi connectivity index (χ4n) is 2.68. The van der Waals surface area contributed by atoms with Gasteiger partial charge in [0.2, 0.25) is 10.0 Å². The third-order valence-corrected chi connectivity index (χ3v) is 5.46. The Hall–Kier alpha value is -1.18. The fourth-order valence-corrected chi connectivity index (χ4v) is 3.72. The molecule has 2 rings (SSSR count). The Labute approximate surface area is 127 Å². The predicted octanol–water partition coefficient (Wildman–Crippen LogP) is 1.28. The van der Waals surface area contributed by atoms with E-state index in [2.05, 4.69) is 27.0 Å². The molecule has 0 saturated heterocycles. The summed E-state index contributed by atoms with van der Waals surface area (Å²) < 4.78 is 27.1. The van der Waals surface area contributed by atoms with Gasteiger partial charge in [-0.3, -0.25) is 0 Å². The molecule has 0 amide bonds. The lowest BCUT2D eigenvalue weighted by atomic mass is 10.2. The van der Waals surface area contributed by atoms with Gasteiger partial charge in [-0.05, 0) is 26.0 Å². The third-order valence-electron chi connectivity index (χ3n) is 4.00. The summed E-state index contributed by atoms with van der Waals surface area (Å²) in [5.74, 6) is 0.543. The van der Waals surface area contributed by atoms with Crippen LogP contribution in [0.2, 0.25) is 0 Å². The van der Waals surface area contributed by atoms with Crippen molar-refractivity contribution in [3.8, 4) is 0 Å². The highest BCUT2D eigenvalue weighted by molar-refractivity contribution is 7.89. The maximum absolute atomic E-state index is 12.2. The second-order valence-corrected chi connectivity index (χ2v) is 7.21. The second kappa shape index (κ2) is 7.20. The van der Waals surface area contributed by atoms with Crippen molar-refractivity contribution in [3.05, 3.63) is 18.3 Å². The number of hydrogen-bond donors (Lipinski definition) is 2. The molecule has 0 radical (unpaired) electrons. The Morgan fingerprint density at radius 1 is 1.38 bits per heavy atom. The van der Waals surface area contributed by atoms with E-state index in [1.165, 1.54) is 44.0 Å². The van der Waals surface area contributed by atoms with Crippen LogP contribution in [-0.4, -0.2) is 51.5 Å². The van der Waals surface area contributed by atoms with Crippen LogP contribution >= 0.6 is 0 Å².